The predicted molar refractivity (Wildman–Crippen MR) is 68.7 cm³/mol. The van der Waals surface area contributed by atoms with Gasteiger partial charge in [-0.3, -0.25) is 0 Å². The lowest BCUT2D eigenvalue weighted by Crippen LogP contribution is -2.62. The zero-order valence-corrected chi connectivity index (χ0v) is 11.5. The molecule has 0 aromatic carbocycles. The molecule has 0 bridgehead atoms. The second kappa shape index (κ2) is 4.22. The number of rotatable bonds is 1. The van der Waals surface area contributed by atoms with Gasteiger partial charge in [0.2, 0.25) is 0 Å². The predicted octanol–water partition coefficient (Wildman–Crippen LogP) is 2.07. The smallest absolute Gasteiger partial charge is 0.0850 e. The van der Waals surface area contributed by atoms with Crippen molar-refractivity contribution < 1.29 is 9.84 Å². The molecule has 2 fully saturated rings. The minimum atomic E-state index is -0.703. The lowest BCUT2D eigenvalue weighted by molar-refractivity contribution is -0.0840. The van der Waals surface area contributed by atoms with Crippen LogP contribution in [0, 0.1) is 11.3 Å². The fourth-order valence-electron chi connectivity index (χ4n) is 3.41. The van der Waals surface area contributed by atoms with Gasteiger partial charge in [0.15, 0.2) is 0 Å². The molecule has 0 spiro atoms. The van der Waals surface area contributed by atoms with Crippen LogP contribution in [0.5, 0.6) is 0 Å². The molecule has 0 radical (unpaired) electrons. The molecule has 0 aromatic heterocycles. The molecule has 1 aliphatic heterocycles. The van der Waals surface area contributed by atoms with E-state index < -0.39 is 11.1 Å². The van der Waals surface area contributed by atoms with Crippen molar-refractivity contribution >= 4 is 0 Å². The van der Waals surface area contributed by atoms with Gasteiger partial charge in [-0.15, -0.1) is 0 Å². The van der Waals surface area contributed by atoms with Gasteiger partial charge >= 0.3 is 0 Å². The molecule has 2 aliphatic rings. The Morgan fingerprint density at radius 2 is 1.76 bits per heavy atom. The molecule has 3 N–H and O–H groups in total. The third-order valence-corrected chi connectivity index (χ3v) is 5.02. The summed E-state index contributed by atoms with van der Waals surface area (Å²) in [6.45, 7) is 8.09. The van der Waals surface area contributed by atoms with Crippen molar-refractivity contribution in [1.82, 2.24) is 0 Å². The quantitative estimate of drug-likeness (QED) is 0.739. The fraction of sp³-hybridized carbons (Fsp3) is 1.00. The summed E-state index contributed by atoms with van der Waals surface area (Å²) in [6, 6.07) is 0. The number of hydrogen-bond donors (Lipinski definition) is 2. The molecule has 1 atom stereocenters. The van der Waals surface area contributed by atoms with Crippen LogP contribution in [0.15, 0.2) is 0 Å². The summed E-state index contributed by atoms with van der Waals surface area (Å²) in [5, 5.41) is 10.8. The molecule has 1 heterocycles. The Morgan fingerprint density at radius 1 is 1.18 bits per heavy atom. The van der Waals surface area contributed by atoms with Gasteiger partial charge < -0.3 is 15.6 Å². The first-order valence-electron chi connectivity index (χ1n) is 6.86. The standard InChI is InChI=1S/C14H27NO2/c1-12(2,3)11-4-6-14(16,7-5-11)13(15)8-9-17-10-13/h11,16H,4-10,15H2,1-3H3. The van der Waals surface area contributed by atoms with E-state index in [-0.39, 0.29) is 0 Å². The van der Waals surface area contributed by atoms with E-state index in [1.807, 2.05) is 0 Å². The molecule has 1 saturated carbocycles. The van der Waals surface area contributed by atoms with Gasteiger partial charge in [0, 0.05) is 6.61 Å². The Balaban J connectivity index is 2.02. The Kier molecular flexibility index (Phi) is 3.30. The zero-order chi connectivity index (χ0) is 12.7. The van der Waals surface area contributed by atoms with E-state index in [0.717, 1.165) is 32.1 Å². The van der Waals surface area contributed by atoms with E-state index in [4.69, 9.17) is 10.5 Å². The van der Waals surface area contributed by atoms with Crippen LogP contribution in [0.1, 0.15) is 52.9 Å². The van der Waals surface area contributed by atoms with Crippen LogP contribution in [0.2, 0.25) is 0 Å². The maximum Gasteiger partial charge on any atom is 0.0850 e. The van der Waals surface area contributed by atoms with Crippen LogP contribution in [-0.2, 0) is 4.74 Å². The first kappa shape index (κ1) is 13.3. The highest BCUT2D eigenvalue weighted by Gasteiger charge is 2.52. The highest BCUT2D eigenvalue weighted by molar-refractivity contribution is 5.08. The topological polar surface area (TPSA) is 55.5 Å². The van der Waals surface area contributed by atoms with Crippen molar-refractivity contribution in [2.45, 2.75) is 64.0 Å². The average molecular weight is 241 g/mol. The van der Waals surface area contributed by atoms with E-state index in [0.29, 0.717) is 24.5 Å². The monoisotopic (exact) mass is 241 g/mol. The Hall–Kier alpha value is -0.120. The normalized spacial score (nSPS) is 43.9. The molecule has 1 aliphatic carbocycles. The van der Waals surface area contributed by atoms with E-state index >= 15 is 0 Å². The van der Waals surface area contributed by atoms with Gasteiger partial charge in [0.1, 0.15) is 0 Å². The summed E-state index contributed by atoms with van der Waals surface area (Å²) in [5.41, 5.74) is 5.48. The SMILES string of the molecule is CC(C)(C)C1CCC(O)(C2(N)CCOC2)CC1. The molecule has 0 amide bonds. The van der Waals surface area contributed by atoms with Gasteiger partial charge in [0.25, 0.3) is 0 Å². The molecule has 17 heavy (non-hydrogen) atoms. The molecule has 1 unspecified atom stereocenters. The molecule has 2 rings (SSSR count). The summed E-state index contributed by atoms with van der Waals surface area (Å²) in [7, 11) is 0. The van der Waals surface area contributed by atoms with Crippen LogP contribution >= 0.6 is 0 Å². The molecular weight excluding hydrogens is 214 g/mol. The molecule has 0 aromatic rings. The number of nitrogens with two attached hydrogens (primary N) is 1. The van der Waals surface area contributed by atoms with Crippen molar-refractivity contribution in [3.05, 3.63) is 0 Å². The van der Waals surface area contributed by atoms with Crippen molar-refractivity contribution in [3.63, 3.8) is 0 Å². The second-order valence-electron chi connectivity index (χ2n) is 7.13. The number of hydrogen-bond acceptors (Lipinski definition) is 3. The third kappa shape index (κ3) is 2.38. The highest BCUT2D eigenvalue weighted by atomic mass is 16.5. The van der Waals surface area contributed by atoms with Crippen LogP contribution in [0.25, 0.3) is 0 Å². The number of aliphatic hydroxyl groups is 1. The maximum atomic E-state index is 10.8. The summed E-state index contributed by atoms with van der Waals surface area (Å²) >= 11 is 0. The first-order valence-corrected chi connectivity index (χ1v) is 6.86. The molecule has 3 heteroatoms. The minimum Gasteiger partial charge on any atom is -0.388 e. The lowest BCUT2D eigenvalue weighted by Gasteiger charge is -2.48. The fourth-order valence-corrected chi connectivity index (χ4v) is 3.41. The van der Waals surface area contributed by atoms with Crippen LogP contribution < -0.4 is 5.73 Å². The average Bonchev–Trinajstić information content (AvgIpc) is 2.66. The van der Waals surface area contributed by atoms with Gasteiger partial charge in [-0.25, -0.2) is 0 Å². The van der Waals surface area contributed by atoms with Crippen molar-refractivity contribution in [3.8, 4) is 0 Å². The second-order valence-corrected chi connectivity index (χ2v) is 7.13. The molecule has 100 valence electrons. The van der Waals surface area contributed by atoms with Gasteiger partial charge in [0.05, 0.1) is 17.7 Å². The van der Waals surface area contributed by atoms with E-state index in [2.05, 4.69) is 20.8 Å². The van der Waals surface area contributed by atoms with Gasteiger partial charge in [-0.05, 0) is 43.4 Å². The zero-order valence-electron chi connectivity index (χ0n) is 11.5. The van der Waals surface area contributed by atoms with Crippen LogP contribution in [0.3, 0.4) is 0 Å². The molecular formula is C14H27NO2. The summed E-state index contributed by atoms with van der Waals surface area (Å²) < 4.78 is 5.39. The summed E-state index contributed by atoms with van der Waals surface area (Å²) in [5.74, 6) is 0.702. The highest BCUT2D eigenvalue weighted by Crippen LogP contribution is 2.46. The Morgan fingerprint density at radius 3 is 2.18 bits per heavy atom. The van der Waals surface area contributed by atoms with Crippen LogP contribution in [0.4, 0.5) is 0 Å². The minimum absolute atomic E-state index is 0.343. The summed E-state index contributed by atoms with van der Waals surface area (Å²) in [6.07, 6.45) is 4.62. The van der Waals surface area contributed by atoms with Gasteiger partial charge in [-0.1, -0.05) is 20.8 Å². The van der Waals surface area contributed by atoms with Crippen molar-refractivity contribution in [2.75, 3.05) is 13.2 Å². The van der Waals surface area contributed by atoms with Gasteiger partial charge in [-0.2, -0.15) is 0 Å². The van der Waals surface area contributed by atoms with Crippen molar-refractivity contribution in [2.24, 2.45) is 17.1 Å². The molecule has 1 saturated heterocycles. The lowest BCUT2D eigenvalue weighted by atomic mass is 9.63. The summed E-state index contributed by atoms with van der Waals surface area (Å²) in [4.78, 5) is 0. The molecule has 3 nitrogen and oxygen atoms in total. The maximum absolute atomic E-state index is 10.8. The van der Waals surface area contributed by atoms with E-state index in [1.54, 1.807) is 0 Å². The Bertz CT molecular complexity index is 268. The van der Waals surface area contributed by atoms with E-state index in [1.165, 1.54) is 0 Å². The Labute approximate surface area is 105 Å². The van der Waals surface area contributed by atoms with Crippen molar-refractivity contribution in [1.29, 1.82) is 0 Å². The van der Waals surface area contributed by atoms with E-state index in [9.17, 15) is 5.11 Å². The first-order chi connectivity index (χ1) is 7.77. The van der Waals surface area contributed by atoms with Crippen LogP contribution in [-0.4, -0.2) is 29.5 Å². The number of ether oxygens (including phenoxy) is 1. The largest absolute Gasteiger partial charge is 0.388 e. The third-order valence-electron chi connectivity index (χ3n) is 5.02.